The lowest BCUT2D eigenvalue weighted by atomic mass is 10.1. The van der Waals surface area contributed by atoms with Crippen molar-refractivity contribution in [2.24, 2.45) is 10.7 Å². The van der Waals surface area contributed by atoms with Crippen molar-refractivity contribution in [3.63, 3.8) is 0 Å². The Bertz CT molecular complexity index is 783. The molecule has 1 aliphatic rings. The molecule has 0 bridgehead atoms. The van der Waals surface area contributed by atoms with E-state index in [4.69, 9.17) is 5.73 Å². The summed E-state index contributed by atoms with van der Waals surface area (Å²) >= 11 is 0. The molecule has 7 nitrogen and oxygen atoms in total. The van der Waals surface area contributed by atoms with Gasteiger partial charge in [-0.15, -0.1) is 12.4 Å². The third-order valence-electron chi connectivity index (χ3n) is 4.62. The van der Waals surface area contributed by atoms with Crippen molar-refractivity contribution in [3.8, 4) is 0 Å². The molecule has 1 aromatic carbocycles. The SMILES string of the molecule is CCCCC(CN)NC(=O)C(CCCC)N=C1NS(=O)(=O)c2ccccc21.Cl. The van der Waals surface area contributed by atoms with Crippen LogP contribution in [0.1, 0.15) is 57.9 Å². The lowest BCUT2D eigenvalue weighted by molar-refractivity contribution is -0.123. The van der Waals surface area contributed by atoms with Gasteiger partial charge in [0.25, 0.3) is 10.0 Å². The summed E-state index contributed by atoms with van der Waals surface area (Å²) in [6.07, 6.45) is 5.15. The molecule has 4 N–H and O–H groups in total. The lowest BCUT2D eigenvalue weighted by Crippen LogP contribution is -2.45. The number of fused-ring (bicyclic) bond motifs is 1. The third kappa shape index (κ3) is 6.18. The van der Waals surface area contributed by atoms with Gasteiger partial charge in [0, 0.05) is 18.2 Å². The zero-order chi connectivity index (χ0) is 19.9. The molecule has 0 fully saturated rings. The van der Waals surface area contributed by atoms with Crippen LogP contribution in [0.25, 0.3) is 0 Å². The van der Waals surface area contributed by atoms with Crippen molar-refractivity contribution in [1.29, 1.82) is 0 Å². The average Bonchev–Trinajstić information content (AvgIpc) is 2.92. The van der Waals surface area contributed by atoms with E-state index < -0.39 is 16.1 Å². The first-order valence-electron chi connectivity index (χ1n) is 9.63. The summed E-state index contributed by atoms with van der Waals surface area (Å²) < 4.78 is 27.0. The van der Waals surface area contributed by atoms with Gasteiger partial charge in [-0.05, 0) is 25.0 Å². The van der Waals surface area contributed by atoms with Crippen LogP contribution in [0.15, 0.2) is 34.2 Å². The van der Waals surface area contributed by atoms with E-state index in [-0.39, 0.29) is 35.1 Å². The lowest BCUT2D eigenvalue weighted by Gasteiger charge is -2.20. The molecular weight excluding hydrogens is 400 g/mol. The number of hydrogen-bond acceptors (Lipinski definition) is 5. The van der Waals surface area contributed by atoms with E-state index in [1.54, 1.807) is 18.2 Å². The van der Waals surface area contributed by atoms with Gasteiger partial charge in [0.05, 0.1) is 4.90 Å². The molecule has 2 rings (SSSR count). The minimum absolute atomic E-state index is 0. The molecule has 2 unspecified atom stereocenters. The van der Waals surface area contributed by atoms with Crippen LogP contribution in [0.4, 0.5) is 0 Å². The Morgan fingerprint density at radius 3 is 2.46 bits per heavy atom. The highest BCUT2D eigenvalue weighted by Gasteiger charge is 2.32. The summed E-state index contributed by atoms with van der Waals surface area (Å²) in [5, 5.41) is 2.98. The molecule has 1 aliphatic heterocycles. The molecule has 0 saturated heterocycles. The van der Waals surface area contributed by atoms with Crippen LogP contribution < -0.4 is 15.8 Å². The number of benzene rings is 1. The minimum atomic E-state index is -3.62. The maximum atomic E-state index is 12.8. The molecule has 28 heavy (non-hydrogen) atoms. The number of nitrogens with two attached hydrogens (primary N) is 1. The number of amidine groups is 1. The van der Waals surface area contributed by atoms with Crippen molar-refractivity contribution in [2.75, 3.05) is 6.54 Å². The molecule has 0 saturated carbocycles. The Morgan fingerprint density at radius 1 is 1.18 bits per heavy atom. The summed E-state index contributed by atoms with van der Waals surface area (Å²) in [6, 6.07) is 5.93. The number of halogens is 1. The number of amides is 1. The first-order valence-corrected chi connectivity index (χ1v) is 11.1. The maximum Gasteiger partial charge on any atom is 0.263 e. The van der Waals surface area contributed by atoms with Gasteiger partial charge >= 0.3 is 0 Å². The first kappa shape index (κ1) is 24.4. The zero-order valence-electron chi connectivity index (χ0n) is 16.5. The number of carbonyl (C=O) groups excluding carboxylic acids is 1. The van der Waals surface area contributed by atoms with Gasteiger partial charge in [0.1, 0.15) is 11.9 Å². The Kier molecular flexibility index (Phi) is 9.92. The van der Waals surface area contributed by atoms with Gasteiger partial charge in [0.15, 0.2) is 0 Å². The van der Waals surface area contributed by atoms with Crippen molar-refractivity contribution in [3.05, 3.63) is 29.8 Å². The summed E-state index contributed by atoms with van der Waals surface area (Å²) in [7, 11) is -3.62. The molecule has 158 valence electrons. The standard InChI is InChI=1S/C19H30N4O3S.ClH/c1-3-5-9-14(13-20)21-19(24)16(11-6-4-2)22-18-15-10-7-8-12-17(15)27(25,26)23-18;/h7-8,10,12,14,16H,3-6,9,11,13,20H2,1-2H3,(H,21,24)(H,22,23);1H. The van der Waals surface area contributed by atoms with Crippen LogP contribution in [-0.2, 0) is 14.8 Å². The number of aliphatic imine (C=N–C) groups is 1. The predicted octanol–water partition coefficient (Wildman–Crippen LogP) is 2.34. The monoisotopic (exact) mass is 430 g/mol. The summed E-state index contributed by atoms with van der Waals surface area (Å²) in [6.45, 7) is 4.51. The molecular formula is C19H31ClN4O3S. The molecule has 1 aromatic rings. The molecule has 0 aliphatic carbocycles. The largest absolute Gasteiger partial charge is 0.350 e. The highest BCUT2D eigenvalue weighted by atomic mass is 35.5. The van der Waals surface area contributed by atoms with E-state index in [1.807, 2.05) is 6.92 Å². The number of nitrogens with one attached hydrogen (secondary N) is 2. The van der Waals surface area contributed by atoms with Gasteiger partial charge in [-0.25, -0.2) is 8.42 Å². The highest BCUT2D eigenvalue weighted by Crippen LogP contribution is 2.23. The second kappa shape index (κ2) is 11.4. The normalized spacial score (nSPS) is 17.9. The molecule has 0 radical (unpaired) electrons. The zero-order valence-corrected chi connectivity index (χ0v) is 18.1. The van der Waals surface area contributed by atoms with Gasteiger partial charge in [-0.2, -0.15) is 0 Å². The van der Waals surface area contributed by atoms with E-state index in [2.05, 4.69) is 22.0 Å². The number of sulfonamides is 1. The number of unbranched alkanes of at least 4 members (excludes halogenated alkanes) is 2. The van der Waals surface area contributed by atoms with E-state index in [0.717, 1.165) is 32.1 Å². The van der Waals surface area contributed by atoms with E-state index >= 15 is 0 Å². The van der Waals surface area contributed by atoms with Crippen LogP contribution in [0.5, 0.6) is 0 Å². The van der Waals surface area contributed by atoms with Gasteiger partial charge in [0.2, 0.25) is 5.91 Å². The van der Waals surface area contributed by atoms with Gasteiger partial charge in [-0.3, -0.25) is 14.5 Å². The Morgan fingerprint density at radius 2 is 1.82 bits per heavy atom. The first-order chi connectivity index (χ1) is 12.9. The van der Waals surface area contributed by atoms with E-state index in [0.29, 0.717) is 18.5 Å². The van der Waals surface area contributed by atoms with E-state index in [1.165, 1.54) is 6.07 Å². The Balaban J connectivity index is 0.00000392. The van der Waals surface area contributed by atoms with Crippen LogP contribution in [-0.4, -0.2) is 38.8 Å². The Hall–Kier alpha value is -1.64. The number of hydrogen-bond donors (Lipinski definition) is 3. The second-order valence-corrected chi connectivity index (χ2v) is 8.47. The third-order valence-corrected chi connectivity index (χ3v) is 6.02. The van der Waals surface area contributed by atoms with Gasteiger partial charge in [-0.1, -0.05) is 51.7 Å². The van der Waals surface area contributed by atoms with Crippen LogP contribution in [0, 0.1) is 0 Å². The average molecular weight is 431 g/mol. The summed E-state index contributed by atoms with van der Waals surface area (Å²) in [5.41, 5.74) is 6.29. The molecule has 0 aromatic heterocycles. The van der Waals surface area contributed by atoms with Crippen LogP contribution >= 0.6 is 12.4 Å². The number of nitrogens with zero attached hydrogens (tertiary/aromatic N) is 1. The molecule has 0 spiro atoms. The highest BCUT2D eigenvalue weighted by molar-refractivity contribution is 7.90. The predicted molar refractivity (Wildman–Crippen MR) is 114 cm³/mol. The Labute approximate surface area is 174 Å². The minimum Gasteiger partial charge on any atom is -0.350 e. The van der Waals surface area contributed by atoms with E-state index in [9.17, 15) is 13.2 Å². The van der Waals surface area contributed by atoms with Crippen molar-refractivity contribution in [2.45, 2.75) is 69.4 Å². The summed E-state index contributed by atoms with van der Waals surface area (Å²) in [5.74, 6) is 0.0331. The smallest absolute Gasteiger partial charge is 0.263 e. The van der Waals surface area contributed by atoms with Crippen molar-refractivity contribution >= 4 is 34.2 Å². The fourth-order valence-electron chi connectivity index (χ4n) is 3.03. The van der Waals surface area contributed by atoms with Crippen LogP contribution in [0.3, 0.4) is 0 Å². The maximum absolute atomic E-state index is 12.8. The molecule has 9 heteroatoms. The topological polar surface area (TPSA) is 114 Å². The molecule has 1 heterocycles. The van der Waals surface area contributed by atoms with Gasteiger partial charge < -0.3 is 11.1 Å². The fraction of sp³-hybridized carbons (Fsp3) is 0.579. The van der Waals surface area contributed by atoms with Crippen molar-refractivity contribution in [1.82, 2.24) is 10.0 Å². The quantitative estimate of drug-likeness (QED) is 0.528. The summed E-state index contributed by atoms with van der Waals surface area (Å²) in [4.78, 5) is 17.5. The fourth-order valence-corrected chi connectivity index (χ4v) is 4.27. The molecule has 2 atom stereocenters. The van der Waals surface area contributed by atoms with Crippen molar-refractivity contribution < 1.29 is 13.2 Å². The van der Waals surface area contributed by atoms with Crippen LogP contribution in [0.2, 0.25) is 0 Å². The number of rotatable bonds is 10. The molecule has 1 amide bonds. The number of carbonyl (C=O) groups is 1. The second-order valence-electron chi connectivity index (χ2n) is 6.82.